The van der Waals surface area contributed by atoms with Gasteiger partial charge in [-0.3, -0.25) is 4.79 Å². The number of hydrogen-bond acceptors (Lipinski definition) is 5. The van der Waals surface area contributed by atoms with E-state index in [1.807, 2.05) is 19.1 Å². The fraction of sp³-hybridized carbons (Fsp3) is 0.261. The molecular formula is C23H24N4O2. The van der Waals surface area contributed by atoms with Gasteiger partial charge in [-0.1, -0.05) is 30.3 Å². The summed E-state index contributed by atoms with van der Waals surface area (Å²) < 4.78 is 5.33. The second-order valence-electron chi connectivity index (χ2n) is 7.25. The van der Waals surface area contributed by atoms with Crippen LogP contribution in [-0.2, 0) is 6.42 Å². The number of aryl methyl sites for hydroxylation is 2. The number of ether oxygens (including phenoxy) is 1. The van der Waals surface area contributed by atoms with Crippen molar-refractivity contribution >= 4 is 11.7 Å². The average Bonchev–Trinajstić information content (AvgIpc) is 2.73. The van der Waals surface area contributed by atoms with Crippen LogP contribution in [0.15, 0.2) is 48.5 Å². The number of fused-ring (bicyclic) bond motifs is 1. The summed E-state index contributed by atoms with van der Waals surface area (Å²) >= 11 is 0. The number of methoxy groups -OCH3 is 1. The zero-order valence-electron chi connectivity index (χ0n) is 16.6. The van der Waals surface area contributed by atoms with Gasteiger partial charge in [0.1, 0.15) is 17.4 Å². The quantitative estimate of drug-likeness (QED) is 0.688. The number of anilines is 1. The predicted molar refractivity (Wildman–Crippen MR) is 113 cm³/mol. The molecule has 0 unspecified atom stereocenters. The zero-order valence-corrected chi connectivity index (χ0v) is 16.6. The van der Waals surface area contributed by atoms with Gasteiger partial charge < -0.3 is 15.8 Å². The van der Waals surface area contributed by atoms with Gasteiger partial charge in [-0.05, 0) is 49.4 Å². The predicted octanol–water partition coefficient (Wildman–Crippen LogP) is 4.05. The number of amides is 1. The van der Waals surface area contributed by atoms with E-state index in [1.54, 1.807) is 12.1 Å². The van der Waals surface area contributed by atoms with Crippen molar-refractivity contribution in [2.24, 2.45) is 5.73 Å². The van der Waals surface area contributed by atoms with Crippen LogP contribution in [0, 0.1) is 6.92 Å². The molecule has 1 amide bonds. The van der Waals surface area contributed by atoms with Crippen LogP contribution in [-0.4, -0.2) is 23.0 Å². The lowest BCUT2D eigenvalue weighted by atomic mass is 9.88. The molecule has 6 heteroatoms. The van der Waals surface area contributed by atoms with Gasteiger partial charge in [0.25, 0.3) is 5.91 Å². The first-order valence-electron chi connectivity index (χ1n) is 9.73. The molecule has 1 aliphatic rings. The highest BCUT2D eigenvalue weighted by atomic mass is 16.5. The Morgan fingerprint density at radius 3 is 2.79 bits per heavy atom. The molecular weight excluding hydrogens is 364 g/mol. The topological polar surface area (TPSA) is 90.1 Å². The summed E-state index contributed by atoms with van der Waals surface area (Å²) in [5.41, 5.74) is 10.1. The number of benzene rings is 2. The SMILES string of the molecule is COc1cc(-c2cc(N[C@@H]3CCCc4ccccc43)nc(C)n2)ccc1C(N)=O. The first-order chi connectivity index (χ1) is 14.0. The molecule has 1 aliphatic carbocycles. The maximum Gasteiger partial charge on any atom is 0.252 e. The van der Waals surface area contributed by atoms with Crippen LogP contribution in [0.4, 0.5) is 5.82 Å². The van der Waals surface area contributed by atoms with Crippen LogP contribution in [0.2, 0.25) is 0 Å². The molecule has 1 atom stereocenters. The normalized spacial score (nSPS) is 15.4. The molecule has 0 radical (unpaired) electrons. The molecule has 29 heavy (non-hydrogen) atoms. The number of nitrogens with two attached hydrogens (primary N) is 1. The fourth-order valence-electron chi connectivity index (χ4n) is 3.93. The molecule has 0 saturated heterocycles. The minimum absolute atomic E-state index is 0.230. The van der Waals surface area contributed by atoms with Gasteiger partial charge in [-0.2, -0.15) is 0 Å². The Bertz CT molecular complexity index is 1060. The van der Waals surface area contributed by atoms with Crippen LogP contribution in [0.1, 0.15) is 46.2 Å². The van der Waals surface area contributed by atoms with Crippen molar-refractivity contribution in [1.29, 1.82) is 0 Å². The molecule has 1 heterocycles. The molecule has 1 aromatic heterocycles. The van der Waals surface area contributed by atoms with Crippen LogP contribution < -0.4 is 15.8 Å². The van der Waals surface area contributed by atoms with E-state index in [9.17, 15) is 4.79 Å². The van der Waals surface area contributed by atoms with Gasteiger partial charge >= 0.3 is 0 Å². The third-order valence-electron chi connectivity index (χ3n) is 5.29. The number of primary amides is 1. The Balaban J connectivity index is 1.67. The number of carbonyl (C=O) groups excluding carboxylic acids is 1. The summed E-state index contributed by atoms with van der Waals surface area (Å²) in [6.07, 6.45) is 3.34. The third kappa shape index (κ3) is 3.92. The smallest absolute Gasteiger partial charge is 0.252 e. The lowest BCUT2D eigenvalue weighted by Gasteiger charge is -2.27. The van der Waals surface area contributed by atoms with Crippen molar-refractivity contribution in [1.82, 2.24) is 9.97 Å². The minimum atomic E-state index is -0.523. The van der Waals surface area contributed by atoms with Crippen LogP contribution in [0.3, 0.4) is 0 Å². The monoisotopic (exact) mass is 388 g/mol. The maximum absolute atomic E-state index is 11.6. The summed E-state index contributed by atoms with van der Waals surface area (Å²) in [6.45, 7) is 1.87. The van der Waals surface area contributed by atoms with E-state index in [4.69, 9.17) is 10.5 Å². The number of nitrogens with zero attached hydrogens (tertiary/aromatic N) is 2. The highest BCUT2D eigenvalue weighted by molar-refractivity contribution is 5.96. The number of aromatic nitrogens is 2. The molecule has 148 valence electrons. The van der Waals surface area contributed by atoms with E-state index in [2.05, 4.69) is 39.6 Å². The van der Waals surface area contributed by atoms with E-state index in [-0.39, 0.29) is 6.04 Å². The lowest BCUT2D eigenvalue weighted by Crippen LogP contribution is -2.18. The summed E-state index contributed by atoms with van der Waals surface area (Å²) in [4.78, 5) is 20.7. The van der Waals surface area contributed by atoms with Crippen molar-refractivity contribution < 1.29 is 9.53 Å². The van der Waals surface area contributed by atoms with Gasteiger partial charge in [-0.15, -0.1) is 0 Å². The van der Waals surface area contributed by atoms with Crippen LogP contribution in [0.5, 0.6) is 5.75 Å². The highest BCUT2D eigenvalue weighted by Crippen LogP contribution is 2.33. The molecule has 4 rings (SSSR count). The summed E-state index contributed by atoms with van der Waals surface area (Å²) in [5.74, 6) is 1.37. The minimum Gasteiger partial charge on any atom is -0.496 e. The van der Waals surface area contributed by atoms with E-state index in [1.165, 1.54) is 18.2 Å². The van der Waals surface area contributed by atoms with Gasteiger partial charge in [0.15, 0.2) is 0 Å². The second kappa shape index (κ2) is 7.91. The molecule has 0 saturated carbocycles. The maximum atomic E-state index is 11.6. The molecule has 0 bridgehead atoms. The Hall–Kier alpha value is -3.41. The van der Waals surface area contributed by atoms with Crippen molar-refractivity contribution in [3.8, 4) is 17.0 Å². The Morgan fingerprint density at radius 1 is 1.17 bits per heavy atom. The Kier molecular flexibility index (Phi) is 5.16. The summed E-state index contributed by atoms with van der Waals surface area (Å²) in [5, 5.41) is 3.59. The number of nitrogens with one attached hydrogen (secondary N) is 1. The standard InChI is InChI=1S/C23H24N4O2/c1-14-25-20(16-10-11-18(23(24)28)21(12-16)29-2)13-22(26-14)27-19-9-5-7-15-6-3-4-8-17(15)19/h3-4,6,8,10-13,19H,5,7,9H2,1-2H3,(H2,24,28)(H,25,26,27)/t19-/m1/s1. The van der Waals surface area contributed by atoms with Gasteiger partial charge in [-0.25, -0.2) is 9.97 Å². The van der Waals surface area contributed by atoms with Crippen LogP contribution in [0.25, 0.3) is 11.3 Å². The number of carbonyl (C=O) groups is 1. The van der Waals surface area contributed by atoms with E-state index >= 15 is 0 Å². The van der Waals surface area contributed by atoms with Gasteiger partial charge in [0.2, 0.25) is 0 Å². The molecule has 0 spiro atoms. The lowest BCUT2D eigenvalue weighted by molar-refractivity contribution is 0.0997. The first kappa shape index (κ1) is 18.9. The summed E-state index contributed by atoms with van der Waals surface area (Å²) in [7, 11) is 1.52. The number of hydrogen-bond donors (Lipinski definition) is 2. The first-order valence-corrected chi connectivity index (χ1v) is 9.73. The second-order valence-corrected chi connectivity index (χ2v) is 7.25. The van der Waals surface area contributed by atoms with Crippen molar-refractivity contribution in [2.75, 3.05) is 12.4 Å². The molecule has 0 aliphatic heterocycles. The molecule has 2 aromatic carbocycles. The average molecular weight is 388 g/mol. The van der Waals surface area contributed by atoms with E-state index < -0.39 is 5.91 Å². The fourth-order valence-corrected chi connectivity index (χ4v) is 3.93. The largest absolute Gasteiger partial charge is 0.496 e. The molecule has 3 N–H and O–H groups in total. The van der Waals surface area contributed by atoms with E-state index in [0.29, 0.717) is 17.1 Å². The molecule has 0 fully saturated rings. The number of rotatable bonds is 5. The van der Waals surface area contributed by atoms with Crippen molar-refractivity contribution in [3.05, 3.63) is 71.0 Å². The Labute approximate surface area is 170 Å². The Morgan fingerprint density at radius 2 is 2.00 bits per heavy atom. The molecule has 3 aromatic rings. The molecule has 6 nitrogen and oxygen atoms in total. The van der Waals surface area contributed by atoms with Gasteiger partial charge in [0.05, 0.1) is 24.4 Å². The summed E-state index contributed by atoms with van der Waals surface area (Å²) in [6, 6.07) is 16.0. The third-order valence-corrected chi connectivity index (χ3v) is 5.29. The van der Waals surface area contributed by atoms with E-state index in [0.717, 1.165) is 36.3 Å². The van der Waals surface area contributed by atoms with Crippen molar-refractivity contribution in [3.63, 3.8) is 0 Å². The van der Waals surface area contributed by atoms with Gasteiger partial charge in [0, 0.05) is 11.6 Å². The van der Waals surface area contributed by atoms with Crippen molar-refractivity contribution in [2.45, 2.75) is 32.2 Å². The van der Waals surface area contributed by atoms with Crippen LogP contribution >= 0.6 is 0 Å². The zero-order chi connectivity index (χ0) is 20.4. The highest BCUT2D eigenvalue weighted by Gasteiger charge is 2.20.